The average Bonchev–Trinajstić information content (AvgIpc) is 3.05. The van der Waals surface area contributed by atoms with Gasteiger partial charge in [0.1, 0.15) is 30.2 Å². The fraction of sp³-hybridized carbons (Fsp3) is 0.667. The van der Waals surface area contributed by atoms with Gasteiger partial charge in [-0.3, -0.25) is 38.6 Å². The summed E-state index contributed by atoms with van der Waals surface area (Å²) in [7, 11) is 0. The van der Waals surface area contributed by atoms with Gasteiger partial charge in [-0.2, -0.15) is 0 Å². The van der Waals surface area contributed by atoms with Gasteiger partial charge in [0, 0.05) is 13.0 Å². The third-order valence-corrected chi connectivity index (χ3v) is 6.73. The van der Waals surface area contributed by atoms with E-state index in [4.69, 9.17) is 22.9 Å². The van der Waals surface area contributed by atoms with Crippen molar-refractivity contribution in [2.75, 3.05) is 32.9 Å². The van der Waals surface area contributed by atoms with Crippen molar-refractivity contribution in [3.8, 4) is 0 Å². The second-order valence-corrected chi connectivity index (χ2v) is 11.2. The summed E-state index contributed by atoms with van der Waals surface area (Å²) >= 11 is 0. The van der Waals surface area contributed by atoms with Gasteiger partial charge in [0.15, 0.2) is 5.96 Å². The van der Waals surface area contributed by atoms with E-state index >= 15 is 0 Å². The van der Waals surface area contributed by atoms with Crippen LogP contribution in [-0.4, -0.2) is 143 Å². The van der Waals surface area contributed by atoms with Crippen LogP contribution in [0.3, 0.4) is 0 Å². The topological polar surface area (TPSA) is 406 Å². The molecule has 0 aromatic carbocycles. The number of nitrogens with two attached hydrogens (primary N) is 4. The van der Waals surface area contributed by atoms with Gasteiger partial charge in [0.05, 0.1) is 32.4 Å². The summed E-state index contributed by atoms with van der Waals surface area (Å²) in [6.07, 6.45) is -0.243. The normalized spacial score (nSPS) is 14.4. The number of nitrogens with one attached hydrogen (secondary N) is 6. The lowest BCUT2D eigenvalue weighted by Gasteiger charge is -2.26. The summed E-state index contributed by atoms with van der Waals surface area (Å²) in [4.78, 5) is 102. The molecule has 284 valence electrons. The lowest BCUT2D eigenvalue weighted by Crippen LogP contribution is -2.60. The highest BCUT2D eigenvalue weighted by Crippen LogP contribution is 2.04. The molecule has 0 saturated heterocycles. The van der Waals surface area contributed by atoms with Crippen LogP contribution in [0.1, 0.15) is 39.5 Å². The molecule has 0 aliphatic rings. The number of carboxylic acids is 1. The van der Waals surface area contributed by atoms with Crippen LogP contribution in [0.25, 0.3) is 0 Å². The zero-order chi connectivity index (χ0) is 38.6. The third kappa shape index (κ3) is 17.3. The molecule has 0 bridgehead atoms. The highest BCUT2D eigenvalue weighted by Gasteiger charge is 2.32. The van der Waals surface area contributed by atoms with Crippen LogP contribution < -0.4 is 54.8 Å². The molecule has 23 nitrogen and oxygen atoms in total. The largest absolute Gasteiger partial charge is 0.480 e. The predicted octanol–water partition coefficient (Wildman–Crippen LogP) is -8.11. The van der Waals surface area contributed by atoms with E-state index < -0.39 is 116 Å². The zero-order valence-corrected chi connectivity index (χ0v) is 27.7. The molecule has 0 aromatic heterocycles. The average molecular weight is 720 g/mol. The number of aliphatic imine (C=N–C) groups is 1. The van der Waals surface area contributed by atoms with Gasteiger partial charge in [-0.1, -0.05) is 13.8 Å². The highest BCUT2D eigenvalue weighted by molar-refractivity contribution is 5.96. The van der Waals surface area contributed by atoms with Crippen molar-refractivity contribution in [1.82, 2.24) is 31.9 Å². The molecule has 0 unspecified atom stereocenters. The number of hydrogen-bond acceptors (Lipinski definition) is 13. The number of carbonyl (C=O) groups is 8. The minimum atomic E-state index is -1.65. The van der Waals surface area contributed by atoms with Crippen molar-refractivity contribution < 1.29 is 58.8 Å². The molecule has 50 heavy (non-hydrogen) atoms. The fourth-order valence-electron chi connectivity index (χ4n) is 3.91. The van der Waals surface area contributed by atoms with Crippen molar-refractivity contribution >= 4 is 53.3 Å². The Morgan fingerprint density at radius 1 is 0.660 bits per heavy atom. The fourth-order valence-corrected chi connectivity index (χ4v) is 3.91. The molecule has 0 radical (unpaired) electrons. The predicted molar refractivity (Wildman–Crippen MR) is 173 cm³/mol. The Bertz CT molecular complexity index is 1230. The number of aliphatic hydroxyl groups is 3. The summed E-state index contributed by atoms with van der Waals surface area (Å²) in [6.45, 7) is -0.327. The van der Waals surface area contributed by atoms with E-state index in [0.29, 0.717) is 6.42 Å². The molecule has 0 fully saturated rings. The molecule has 0 aromatic rings. The van der Waals surface area contributed by atoms with Crippen molar-refractivity contribution in [3.05, 3.63) is 0 Å². The second-order valence-electron chi connectivity index (χ2n) is 11.2. The number of hydrogen-bond donors (Lipinski definition) is 14. The smallest absolute Gasteiger partial charge is 0.326 e. The van der Waals surface area contributed by atoms with Crippen LogP contribution in [0.15, 0.2) is 4.99 Å². The van der Waals surface area contributed by atoms with Crippen molar-refractivity contribution in [2.45, 2.75) is 75.8 Å². The first kappa shape index (κ1) is 44.9. The first-order chi connectivity index (χ1) is 23.4. The molecule has 0 spiro atoms. The van der Waals surface area contributed by atoms with E-state index in [-0.39, 0.29) is 31.8 Å². The minimum Gasteiger partial charge on any atom is -0.480 e. The van der Waals surface area contributed by atoms with Crippen LogP contribution >= 0.6 is 0 Å². The van der Waals surface area contributed by atoms with E-state index in [9.17, 15) is 58.8 Å². The molecule has 6 atom stereocenters. The Morgan fingerprint density at radius 2 is 1.14 bits per heavy atom. The van der Waals surface area contributed by atoms with Crippen LogP contribution in [0, 0.1) is 5.92 Å². The molecule has 0 aliphatic heterocycles. The number of guanidine groups is 1. The summed E-state index contributed by atoms with van der Waals surface area (Å²) in [5.41, 5.74) is 21.2. The van der Waals surface area contributed by atoms with E-state index in [2.05, 4.69) is 36.9 Å². The first-order valence-corrected chi connectivity index (χ1v) is 15.3. The molecular formula is C27H49N11O12. The summed E-state index contributed by atoms with van der Waals surface area (Å²) in [6, 6.07) is -8.82. The van der Waals surface area contributed by atoms with Gasteiger partial charge < -0.3 is 75.3 Å². The Kier molecular flexibility index (Phi) is 20.9. The highest BCUT2D eigenvalue weighted by atomic mass is 16.4. The maximum absolute atomic E-state index is 12.9. The van der Waals surface area contributed by atoms with Gasteiger partial charge in [-0.15, -0.1) is 0 Å². The summed E-state index contributed by atoms with van der Waals surface area (Å²) in [5.74, 6) is -8.95. The maximum atomic E-state index is 12.9. The lowest BCUT2D eigenvalue weighted by atomic mass is 10.0. The molecular weight excluding hydrogens is 670 g/mol. The molecule has 23 heteroatoms. The van der Waals surface area contributed by atoms with Crippen LogP contribution in [0.4, 0.5) is 0 Å². The summed E-state index contributed by atoms with van der Waals surface area (Å²) in [5, 5.41) is 51.2. The number of carboxylic acid groups (broad SMARTS) is 1. The number of nitrogens with zero attached hydrogens (tertiary/aromatic N) is 1. The van der Waals surface area contributed by atoms with E-state index in [0.717, 1.165) is 0 Å². The van der Waals surface area contributed by atoms with E-state index in [1.165, 1.54) is 13.8 Å². The molecule has 18 N–H and O–H groups in total. The third-order valence-electron chi connectivity index (χ3n) is 6.73. The van der Waals surface area contributed by atoms with Crippen molar-refractivity contribution in [1.29, 1.82) is 0 Å². The maximum Gasteiger partial charge on any atom is 0.326 e. The molecule has 0 aliphatic carbocycles. The standard InChI is InChI=1S/C27H49N11O12/c1-12(2)20(25(48)33-8-19(43)34-15(9-39)22(45)35-14(26(49)50)5-6-18(29)42)38-24(47)17(11-41)37-23(46)16(10-40)36-21(44)13(28)4-3-7-32-27(30)31/h12-17,20,39-41H,3-11,28H2,1-2H3,(H2,29,42)(H,33,48)(H,34,43)(H,35,45)(H,36,44)(H,37,46)(H,38,47)(H,49,50)(H4,30,31,32)/t13-,14-,15-,16-,17-,20-/m0/s1. The number of amides is 7. The number of aliphatic carboxylic acids is 1. The van der Waals surface area contributed by atoms with Gasteiger partial charge in [-0.05, 0) is 25.2 Å². The van der Waals surface area contributed by atoms with Crippen molar-refractivity contribution in [2.24, 2.45) is 33.8 Å². The van der Waals surface area contributed by atoms with Gasteiger partial charge in [-0.25, -0.2) is 4.79 Å². The lowest BCUT2D eigenvalue weighted by molar-refractivity contribution is -0.142. The number of primary amides is 1. The monoisotopic (exact) mass is 719 g/mol. The number of carbonyl (C=O) groups excluding carboxylic acids is 7. The Balaban J connectivity index is 5.23. The van der Waals surface area contributed by atoms with E-state index in [1.54, 1.807) is 0 Å². The minimum absolute atomic E-state index is 0.134. The van der Waals surface area contributed by atoms with E-state index in [1.807, 2.05) is 0 Å². The molecule has 0 heterocycles. The Labute approximate surface area is 286 Å². The van der Waals surface area contributed by atoms with Crippen LogP contribution in [0.5, 0.6) is 0 Å². The first-order valence-electron chi connectivity index (χ1n) is 15.3. The number of rotatable bonds is 24. The molecule has 7 amide bonds. The molecule has 0 saturated carbocycles. The zero-order valence-electron chi connectivity index (χ0n) is 27.7. The van der Waals surface area contributed by atoms with Crippen LogP contribution in [0.2, 0.25) is 0 Å². The molecule has 0 rings (SSSR count). The van der Waals surface area contributed by atoms with Gasteiger partial charge in [0.25, 0.3) is 0 Å². The number of aliphatic hydroxyl groups excluding tert-OH is 3. The quantitative estimate of drug-likeness (QED) is 0.0250. The Hall–Kier alpha value is -5.13. The van der Waals surface area contributed by atoms with Gasteiger partial charge >= 0.3 is 5.97 Å². The summed E-state index contributed by atoms with van der Waals surface area (Å²) < 4.78 is 0. The second kappa shape index (κ2) is 23.3. The SMILES string of the molecule is CC(C)[C@H](NC(=O)[C@H](CO)NC(=O)[C@H](CO)NC(=O)[C@@H](N)CCCN=C(N)N)C(=O)NCC(=O)N[C@@H](CO)C(=O)N[C@@H](CCC(N)=O)C(=O)O. The van der Waals surface area contributed by atoms with Gasteiger partial charge in [0.2, 0.25) is 41.4 Å². The van der Waals surface area contributed by atoms with Crippen LogP contribution in [-0.2, 0) is 38.4 Å². The van der Waals surface area contributed by atoms with Crippen molar-refractivity contribution in [3.63, 3.8) is 0 Å². The Morgan fingerprint density at radius 3 is 1.60 bits per heavy atom.